The quantitative estimate of drug-likeness (QED) is 0.430. The zero-order chi connectivity index (χ0) is 16.9. The van der Waals surface area contributed by atoms with E-state index in [-0.39, 0.29) is 5.82 Å². The van der Waals surface area contributed by atoms with E-state index in [9.17, 15) is 4.39 Å². The first-order valence-corrected chi connectivity index (χ1v) is 9.04. The maximum absolute atomic E-state index is 13.3. The van der Waals surface area contributed by atoms with Crippen molar-refractivity contribution >= 4 is 39.3 Å². The van der Waals surface area contributed by atoms with E-state index in [0.29, 0.717) is 34.0 Å². The number of hydrogen-bond donors (Lipinski definition) is 0. The number of nitrogens with zero attached hydrogens (tertiary/aromatic N) is 4. The highest BCUT2D eigenvalue weighted by atomic mass is 79.9. The van der Waals surface area contributed by atoms with Gasteiger partial charge in [-0.25, -0.2) is 4.39 Å². The van der Waals surface area contributed by atoms with Gasteiger partial charge >= 0.3 is 0 Å². The van der Waals surface area contributed by atoms with Gasteiger partial charge in [0.15, 0.2) is 0 Å². The van der Waals surface area contributed by atoms with Crippen LogP contribution in [0.25, 0.3) is 5.69 Å². The summed E-state index contributed by atoms with van der Waals surface area (Å²) in [5.41, 5.74) is 0.573. The Morgan fingerprint density at radius 1 is 1.25 bits per heavy atom. The molecule has 0 aliphatic rings. The molecule has 3 rings (SSSR count). The van der Waals surface area contributed by atoms with Gasteiger partial charge < -0.3 is 4.74 Å². The molecule has 2 aromatic carbocycles. The number of rotatable bonds is 6. The van der Waals surface area contributed by atoms with E-state index in [1.807, 2.05) is 0 Å². The van der Waals surface area contributed by atoms with Crippen molar-refractivity contribution in [2.75, 3.05) is 12.4 Å². The largest absolute Gasteiger partial charge is 0.492 e. The first-order chi connectivity index (χ1) is 11.6. The van der Waals surface area contributed by atoms with Crippen LogP contribution in [0.2, 0.25) is 5.02 Å². The Bertz CT molecular complexity index is 848. The van der Waals surface area contributed by atoms with E-state index in [0.717, 1.165) is 4.47 Å². The highest BCUT2D eigenvalue weighted by Crippen LogP contribution is 2.28. The third-order valence-electron chi connectivity index (χ3n) is 2.96. The molecule has 0 aliphatic carbocycles. The van der Waals surface area contributed by atoms with Gasteiger partial charge in [-0.2, -0.15) is 4.68 Å². The Hall–Kier alpha value is -1.64. The van der Waals surface area contributed by atoms with Gasteiger partial charge in [0.05, 0.1) is 16.8 Å². The van der Waals surface area contributed by atoms with Crippen LogP contribution in [0.4, 0.5) is 4.39 Å². The van der Waals surface area contributed by atoms with Crippen molar-refractivity contribution < 1.29 is 9.13 Å². The molecule has 0 bridgehead atoms. The second-order valence-electron chi connectivity index (χ2n) is 4.62. The maximum atomic E-state index is 13.3. The molecule has 0 radical (unpaired) electrons. The van der Waals surface area contributed by atoms with Gasteiger partial charge in [0.2, 0.25) is 5.16 Å². The van der Waals surface area contributed by atoms with Crippen LogP contribution < -0.4 is 4.74 Å². The summed E-state index contributed by atoms with van der Waals surface area (Å²) in [6, 6.07) is 11.4. The molecule has 9 heteroatoms. The zero-order valence-electron chi connectivity index (χ0n) is 12.2. The standard InChI is InChI=1S/C15H11BrClFN4OS/c16-13-8-10(17)4-5-14(13)23-6-7-24-15-19-20-21-22(15)12-3-1-2-11(18)9-12/h1-5,8-9H,6-7H2. The second-order valence-corrected chi connectivity index (χ2v) is 6.98. The van der Waals surface area contributed by atoms with Crippen LogP contribution in [0.1, 0.15) is 0 Å². The van der Waals surface area contributed by atoms with Crippen molar-refractivity contribution in [3.63, 3.8) is 0 Å². The second kappa shape index (κ2) is 7.96. The lowest BCUT2D eigenvalue weighted by atomic mass is 10.3. The highest BCUT2D eigenvalue weighted by Gasteiger charge is 2.10. The van der Waals surface area contributed by atoms with E-state index >= 15 is 0 Å². The average Bonchev–Trinajstić information content (AvgIpc) is 3.02. The summed E-state index contributed by atoms with van der Waals surface area (Å²) in [7, 11) is 0. The van der Waals surface area contributed by atoms with Crippen LogP contribution in [0.15, 0.2) is 52.1 Å². The molecule has 0 amide bonds. The average molecular weight is 430 g/mol. The number of aromatic nitrogens is 4. The molecule has 1 aromatic heterocycles. The predicted octanol–water partition coefficient (Wildman–Crippen LogP) is 4.39. The molecule has 0 N–H and O–H groups in total. The Morgan fingerprint density at radius 3 is 2.92 bits per heavy atom. The molecule has 0 atom stereocenters. The molecule has 124 valence electrons. The summed E-state index contributed by atoms with van der Waals surface area (Å²) in [5, 5.41) is 12.7. The number of tetrazole rings is 1. The monoisotopic (exact) mass is 428 g/mol. The Balaban J connectivity index is 1.59. The molecule has 0 fully saturated rings. The molecule has 3 aromatic rings. The number of ether oxygens (including phenoxy) is 1. The van der Waals surface area contributed by atoms with Gasteiger partial charge in [-0.05, 0) is 62.8 Å². The maximum Gasteiger partial charge on any atom is 0.214 e. The minimum absolute atomic E-state index is 0.338. The van der Waals surface area contributed by atoms with Crippen molar-refractivity contribution in [1.29, 1.82) is 0 Å². The molecule has 5 nitrogen and oxygen atoms in total. The van der Waals surface area contributed by atoms with E-state index in [1.54, 1.807) is 30.3 Å². The molecular formula is C15H11BrClFN4OS. The summed E-state index contributed by atoms with van der Waals surface area (Å²) in [4.78, 5) is 0. The lowest BCUT2D eigenvalue weighted by Crippen LogP contribution is -2.04. The van der Waals surface area contributed by atoms with Crippen LogP contribution >= 0.6 is 39.3 Å². The highest BCUT2D eigenvalue weighted by molar-refractivity contribution is 9.10. The molecule has 0 saturated heterocycles. The number of benzene rings is 2. The van der Waals surface area contributed by atoms with Gasteiger partial charge in [-0.1, -0.05) is 29.4 Å². The molecule has 24 heavy (non-hydrogen) atoms. The Kier molecular flexibility index (Phi) is 5.70. The summed E-state index contributed by atoms with van der Waals surface area (Å²) < 4.78 is 21.3. The normalized spacial score (nSPS) is 10.8. The van der Waals surface area contributed by atoms with Gasteiger partial charge in [0.25, 0.3) is 0 Å². The van der Waals surface area contributed by atoms with Gasteiger partial charge in [-0.15, -0.1) is 5.10 Å². The van der Waals surface area contributed by atoms with Crippen LogP contribution in [-0.2, 0) is 0 Å². The number of hydrogen-bond acceptors (Lipinski definition) is 5. The third kappa shape index (κ3) is 4.25. The van der Waals surface area contributed by atoms with Gasteiger partial charge in [-0.3, -0.25) is 0 Å². The van der Waals surface area contributed by atoms with Crippen LogP contribution in [0.3, 0.4) is 0 Å². The van der Waals surface area contributed by atoms with Crippen molar-refractivity contribution in [3.8, 4) is 11.4 Å². The molecule has 0 unspecified atom stereocenters. The zero-order valence-corrected chi connectivity index (χ0v) is 15.4. The lowest BCUT2D eigenvalue weighted by Gasteiger charge is -2.08. The fraction of sp³-hybridized carbons (Fsp3) is 0.133. The van der Waals surface area contributed by atoms with Crippen molar-refractivity contribution in [3.05, 3.63) is 57.8 Å². The van der Waals surface area contributed by atoms with Crippen LogP contribution in [-0.4, -0.2) is 32.6 Å². The minimum atomic E-state index is -0.338. The van der Waals surface area contributed by atoms with Crippen molar-refractivity contribution in [2.45, 2.75) is 5.16 Å². The third-order valence-corrected chi connectivity index (χ3v) is 4.70. The lowest BCUT2D eigenvalue weighted by molar-refractivity contribution is 0.341. The fourth-order valence-electron chi connectivity index (χ4n) is 1.92. The Morgan fingerprint density at radius 2 is 2.12 bits per heavy atom. The topological polar surface area (TPSA) is 52.8 Å². The smallest absolute Gasteiger partial charge is 0.214 e. The first kappa shape index (κ1) is 17.2. The van der Waals surface area contributed by atoms with Crippen molar-refractivity contribution in [2.24, 2.45) is 0 Å². The van der Waals surface area contributed by atoms with Crippen molar-refractivity contribution in [1.82, 2.24) is 20.2 Å². The Labute approximate surface area is 155 Å². The number of thioether (sulfide) groups is 1. The van der Waals surface area contributed by atoms with E-state index in [2.05, 4.69) is 31.5 Å². The summed E-state index contributed by atoms with van der Waals surface area (Å²) in [5.74, 6) is 1.00. The van der Waals surface area contributed by atoms with E-state index in [1.165, 1.54) is 28.6 Å². The molecule has 1 heterocycles. The summed E-state index contributed by atoms with van der Waals surface area (Å²) in [6.07, 6.45) is 0. The fourth-order valence-corrected chi connectivity index (χ4v) is 3.42. The SMILES string of the molecule is Fc1cccc(-n2nnnc2SCCOc2ccc(Cl)cc2Br)c1. The van der Waals surface area contributed by atoms with E-state index < -0.39 is 0 Å². The molecular weight excluding hydrogens is 419 g/mol. The first-order valence-electron chi connectivity index (χ1n) is 6.88. The minimum Gasteiger partial charge on any atom is -0.492 e. The molecule has 0 aliphatic heterocycles. The predicted molar refractivity (Wildman–Crippen MR) is 94.5 cm³/mol. The van der Waals surface area contributed by atoms with E-state index in [4.69, 9.17) is 16.3 Å². The summed E-state index contributed by atoms with van der Waals surface area (Å²) >= 11 is 10.7. The van der Waals surface area contributed by atoms with Gasteiger partial charge in [0.1, 0.15) is 11.6 Å². The number of halogens is 3. The van der Waals surface area contributed by atoms with Gasteiger partial charge in [0, 0.05) is 10.8 Å². The summed E-state index contributed by atoms with van der Waals surface area (Å²) in [6.45, 7) is 0.459. The molecule has 0 spiro atoms. The molecule has 0 saturated carbocycles. The van der Waals surface area contributed by atoms with Crippen LogP contribution in [0, 0.1) is 5.82 Å². The van der Waals surface area contributed by atoms with Crippen LogP contribution in [0.5, 0.6) is 5.75 Å².